The molecule has 0 bridgehead atoms. The number of fused-ring (bicyclic) bond motifs is 1. The number of piperidine rings is 1. The van der Waals surface area contributed by atoms with Crippen LogP contribution in [-0.4, -0.2) is 89.4 Å². The van der Waals surface area contributed by atoms with Crippen LogP contribution in [0.15, 0.2) is 109 Å². The van der Waals surface area contributed by atoms with Crippen LogP contribution in [0.3, 0.4) is 0 Å². The molecule has 284 valence electrons. The van der Waals surface area contributed by atoms with Crippen LogP contribution in [-0.2, 0) is 22.7 Å². The first-order valence-electron chi connectivity index (χ1n) is 19.2. The van der Waals surface area contributed by atoms with E-state index in [1.807, 2.05) is 48.5 Å². The highest BCUT2D eigenvalue weighted by Gasteiger charge is 2.39. The van der Waals surface area contributed by atoms with Crippen molar-refractivity contribution in [3.63, 3.8) is 0 Å². The van der Waals surface area contributed by atoms with Gasteiger partial charge in [0.25, 0.3) is 5.91 Å². The third kappa shape index (κ3) is 8.99. The van der Waals surface area contributed by atoms with Crippen LogP contribution in [0.2, 0.25) is 0 Å². The maximum Gasteiger partial charge on any atom is 0.255 e. The van der Waals surface area contributed by atoms with Gasteiger partial charge in [0.15, 0.2) is 0 Å². The number of amides is 3. The highest BCUT2D eigenvalue weighted by molar-refractivity contribution is 6.05. The maximum atomic E-state index is 13.0. The minimum Gasteiger partial charge on any atom is -0.508 e. The van der Waals surface area contributed by atoms with Crippen molar-refractivity contribution in [2.45, 2.75) is 45.3 Å². The van der Waals surface area contributed by atoms with E-state index in [9.17, 15) is 19.5 Å². The summed E-state index contributed by atoms with van der Waals surface area (Å²) in [6.07, 6.45) is 1.47. The molecule has 0 saturated carbocycles. The molecular weight excluding hydrogens is 691 g/mol. The molecule has 3 aliphatic rings. The molecule has 0 aliphatic carbocycles. The van der Waals surface area contributed by atoms with Crippen LogP contribution in [0, 0.1) is 0 Å². The molecule has 2 fully saturated rings. The van der Waals surface area contributed by atoms with Gasteiger partial charge >= 0.3 is 0 Å². The standard InChI is InChI=1S/C45H49N5O5/c1-3-39(33-7-5-4-6-8-33)43(34-10-14-37(51)15-11-34)35-12-16-38(17-13-35)55-26-25-48-21-23-49(24-22-48)29-31(2)46-28-32-9-18-40-36(27-32)30-50(45(40)54)41-19-20-42(52)47-44(41)53/h4-18,27,41,46,51H,2-3,19-26,28-30H2,1H3,(H,47,52,53)/b43-39-. The summed E-state index contributed by atoms with van der Waals surface area (Å²) in [5, 5.41) is 15.8. The second kappa shape index (κ2) is 17.2. The SMILES string of the molecule is C=C(CN1CCN(CCOc2ccc(/C(=C(/CC)c3ccccc3)c3ccc(O)cc3)cc2)CC1)NCc1ccc2c(c1)CN(C1CCC(=O)NC1=O)C2=O. The zero-order valence-corrected chi connectivity index (χ0v) is 31.4. The van der Waals surface area contributed by atoms with Crippen LogP contribution in [0.25, 0.3) is 11.1 Å². The minimum absolute atomic E-state index is 0.160. The average Bonchev–Trinajstić information content (AvgIpc) is 3.52. The molecule has 2 saturated heterocycles. The number of rotatable bonds is 14. The van der Waals surface area contributed by atoms with Crippen LogP contribution in [0.4, 0.5) is 0 Å². The Labute approximate surface area is 323 Å². The fraction of sp³-hybridized carbons (Fsp3) is 0.311. The maximum absolute atomic E-state index is 13.0. The molecule has 0 radical (unpaired) electrons. The molecule has 3 N–H and O–H groups in total. The van der Waals surface area contributed by atoms with E-state index in [2.05, 4.69) is 70.3 Å². The summed E-state index contributed by atoms with van der Waals surface area (Å²) < 4.78 is 6.20. The van der Waals surface area contributed by atoms with Crippen LogP contribution in [0.1, 0.15) is 64.4 Å². The number of phenolic OH excluding ortho intramolecular Hbond substituents is 1. The van der Waals surface area contributed by atoms with Crippen molar-refractivity contribution in [2.24, 2.45) is 0 Å². The predicted octanol–water partition coefficient (Wildman–Crippen LogP) is 5.82. The second-order valence-corrected chi connectivity index (χ2v) is 14.5. The number of carbonyl (C=O) groups is 3. The van der Waals surface area contributed by atoms with Crippen molar-refractivity contribution >= 4 is 28.9 Å². The Morgan fingerprint density at radius 3 is 2.25 bits per heavy atom. The fourth-order valence-corrected chi connectivity index (χ4v) is 7.78. The lowest BCUT2D eigenvalue weighted by atomic mass is 9.88. The molecule has 0 spiro atoms. The number of allylic oxidation sites excluding steroid dienone is 1. The first kappa shape index (κ1) is 37.6. The minimum atomic E-state index is -0.611. The number of aromatic hydroxyl groups is 1. The van der Waals surface area contributed by atoms with Crippen molar-refractivity contribution in [1.82, 2.24) is 25.3 Å². The van der Waals surface area contributed by atoms with Gasteiger partial charge in [0.1, 0.15) is 24.1 Å². The summed E-state index contributed by atoms with van der Waals surface area (Å²) in [4.78, 5) is 43.4. The summed E-state index contributed by atoms with van der Waals surface area (Å²) in [5.41, 5.74) is 9.26. The zero-order valence-electron chi connectivity index (χ0n) is 31.4. The molecule has 3 amide bonds. The van der Waals surface area contributed by atoms with Gasteiger partial charge in [0.05, 0.1) is 0 Å². The first-order valence-corrected chi connectivity index (χ1v) is 19.2. The Morgan fingerprint density at radius 2 is 1.56 bits per heavy atom. The van der Waals surface area contributed by atoms with Crippen LogP contribution >= 0.6 is 0 Å². The topological polar surface area (TPSA) is 114 Å². The lowest BCUT2D eigenvalue weighted by Crippen LogP contribution is -2.52. The highest BCUT2D eigenvalue weighted by Crippen LogP contribution is 2.36. The quantitative estimate of drug-likeness (QED) is 0.110. The van der Waals surface area contributed by atoms with Gasteiger partial charge in [-0.05, 0) is 82.1 Å². The largest absolute Gasteiger partial charge is 0.508 e. The molecular formula is C45H49N5O5. The van der Waals surface area contributed by atoms with E-state index in [4.69, 9.17) is 4.74 Å². The zero-order chi connectivity index (χ0) is 38.3. The molecule has 4 aromatic carbocycles. The Bertz CT molecular complexity index is 2050. The number of hydrogen-bond donors (Lipinski definition) is 3. The van der Waals surface area contributed by atoms with Crippen molar-refractivity contribution in [1.29, 1.82) is 0 Å². The summed E-state index contributed by atoms with van der Waals surface area (Å²) in [7, 11) is 0. The summed E-state index contributed by atoms with van der Waals surface area (Å²) in [6.45, 7) is 13.4. The van der Waals surface area contributed by atoms with Gasteiger partial charge in [-0.1, -0.05) is 80.2 Å². The molecule has 10 heteroatoms. The van der Waals surface area contributed by atoms with Gasteiger partial charge in [0, 0.05) is 70.0 Å². The number of nitrogens with one attached hydrogen (secondary N) is 2. The van der Waals surface area contributed by atoms with E-state index in [-0.39, 0.29) is 24.0 Å². The molecule has 3 aliphatic heterocycles. The van der Waals surface area contributed by atoms with Crippen molar-refractivity contribution < 1.29 is 24.2 Å². The molecule has 1 atom stereocenters. The van der Waals surface area contributed by atoms with Gasteiger partial charge in [-0.3, -0.25) is 29.5 Å². The number of phenols is 1. The Hall–Kier alpha value is -5.71. The summed E-state index contributed by atoms with van der Waals surface area (Å²) in [5.74, 6) is 0.250. The number of carbonyl (C=O) groups excluding carboxylic acids is 3. The van der Waals surface area contributed by atoms with Crippen molar-refractivity contribution in [3.05, 3.63) is 143 Å². The fourth-order valence-electron chi connectivity index (χ4n) is 7.78. The van der Waals surface area contributed by atoms with Gasteiger partial charge < -0.3 is 20.1 Å². The number of nitrogens with zero attached hydrogens (tertiary/aromatic N) is 3. The van der Waals surface area contributed by atoms with E-state index in [1.165, 1.54) is 11.1 Å². The summed E-state index contributed by atoms with van der Waals surface area (Å²) in [6, 6.07) is 31.4. The molecule has 1 unspecified atom stereocenters. The van der Waals surface area contributed by atoms with E-state index in [1.54, 1.807) is 17.0 Å². The molecule has 3 heterocycles. The van der Waals surface area contributed by atoms with Crippen molar-refractivity contribution in [3.8, 4) is 11.5 Å². The van der Waals surface area contributed by atoms with Crippen LogP contribution in [0.5, 0.6) is 11.5 Å². The number of piperazine rings is 1. The Balaban J connectivity index is 0.852. The number of hydrogen-bond acceptors (Lipinski definition) is 8. The monoisotopic (exact) mass is 739 g/mol. The second-order valence-electron chi connectivity index (χ2n) is 14.5. The highest BCUT2D eigenvalue weighted by atomic mass is 16.5. The third-order valence-corrected chi connectivity index (χ3v) is 10.8. The van der Waals surface area contributed by atoms with E-state index >= 15 is 0 Å². The van der Waals surface area contributed by atoms with Gasteiger partial charge in [0.2, 0.25) is 11.8 Å². The smallest absolute Gasteiger partial charge is 0.255 e. The van der Waals surface area contributed by atoms with Gasteiger partial charge in [-0.25, -0.2) is 0 Å². The molecule has 7 rings (SSSR count). The lowest BCUT2D eigenvalue weighted by molar-refractivity contribution is -0.136. The van der Waals surface area contributed by atoms with Gasteiger partial charge in [-0.15, -0.1) is 0 Å². The predicted molar refractivity (Wildman–Crippen MR) is 214 cm³/mol. The van der Waals surface area contributed by atoms with E-state index in [0.717, 1.165) is 85.0 Å². The molecule has 10 nitrogen and oxygen atoms in total. The Morgan fingerprint density at radius 1 is 0.873 bits per heavy atom. The molecule has 0 aromatic heterocycles. The first-order chi connectivity index (χ1) is 26.7. The summed E-state index contributed by atoms with van der Waals surface area (Å²) >= 11 is 0. The van der Waals surface area contributed by atoms with E-state index in [0.29, 0.717) is 31.7 Å². The number of ether oxygens (including phenoxy) is 1. The average molecular weight is 740 g/mol. The van der Waals surface area contributed by atoms with Crippen molar-refractivity contribution in [2.75, 3.05) is 45.9 Å². The van der Waals surface area contributed by atoms with Crippen LogP contribution < -0.4 is 15.4 Å². The van der Waals surface area contributed by atoms with E-state index < -0.39 is 11.9 Å². The lowest BCUT2D eigenvalue weighted by Gasteiger charge is -2.35. The van der Waals surface area contributed by atoms with Gasteiger partial charge in [-0.2, -0.15) is 0 Å². The normalized spacial score (nSPS) is 18.1. The third-order valence-electron chi connectivity index (χ3n) is 10.8. The Kier molecular flexibility index (Phi) is 11.7. The molecule has 4 aromatic rings. The number of imide groups is 1. The molecule has 55 heavy (non-hydrogen) atoms. The number of benzene rings is 4.